The van der Waals surface area contributed by atoms with Crippen LogP contribution < -0.4 is 16.0 Å². The van der Waals surface area contributed by atoms with Gasteiger partial charge in [-0.3, -0.25) is 24.6 Å². The first-order valence-electron chi connectivity index (χ1n) is 9.61. The largest absolute Gasteiger partial charge is 0.369 e. The maximum absolute atomic E-state index is 12.9. The number of benzene rings is 2. The number of nitrogens with one attached hydrogen (secondary N) is 3. The van der Waals surface area contributed by atoms with Crippen molar-refractivity contribution in [3.63, 3.8) is 0 Å². The number of aliphatic hydroxyl groups excluding tert-OH is 1. The molecule has 0 saturated carbocycles. The number of amides is 5. The van der Waals surface area contributed by atoms with E-state index in [1.165, 1.54) is 0 Å². The number of imide groups is 1. The first kappa shape index (κ1) is 20.8. The van der Waals surface area contributed by atoms with Gasteiger partial charge in [-0.05, 0) is 42.3 Å². The number of hydrogen-bond donors (Lipinski definition) is 4. The molecule has 1 fully saturated rings. The van der Waals surface area contributed by atoms with Crippen LogP contribution in [0.2, 0.25) is 5.02 Å². The first-order valence-corrected chi connectivity index (χ1v) is 9.99. The van der Waals surface area contributed by atoms with E-state index < -0.39 is 36.0 Å². The molecule has 0 aliphatic carbocycles. The highest BCUT2D eigenvalue weighted by Gasteiger charge is 2.44. The smallest absolute Gasteiger partial charge is 0.319 e. The summed E-state index contributed by atoms with van der Waals surface area (Å²) in [5.74, 6) is -1.49. The molecule has 4 rings (SSSR count). The monoisotopic (exact) mass is 442 g/mol. The lowest BCUT2D eigenvalue weighted by molar-refractivity contribution is -0.139. The van der Waals surface area contributed by atoms with Crippen molar-refractivity contribution in [2.75, 3.05) is 5.32 Å². The summed E-state index contributed by atoms with van der Waals surface area (Å²) in [6.45, 7) is 0.147. The van der Waals surface area contributed by atoms with E-state index in [1.54, 1.807) is 42.5 Å². The maximum atomic E-state index is 12.9. The Morgan fingerprint density at radius 1 is 1.16 bits per heavy atom. The number of carbonyl (C=O) groups is 4. The van der Waals surface area contributed by atoms with E-state index in [-0.39, 0.29) is 24.9 Å². The number of urea groups is 1. The van der Waals surface area contributed by atoms with Crippen LogP contribution in [-0.4, -0.2) is 39.8 Å². The van der Waals surface area contributed by atoms with Crippen LogP contribution in [0.3, 0.4) is 0 Å². The zero-order valence-corrected chi connectivity index (χ0v) is 17.0. The van der Waals surface area contributed by atoms with Gasteiger partial charge in [0.2, 0.25) is 11.8 Å². The SMILES string of the molecule is O=C1CCC(N2C(=O)c3cc(CNC(=O)Nc4ccc(Cl)cc4)ccc3C2O)C(=O)N1. The number of piperidine rings is 1. The molecule has 0 spiro atoms. The molecule has 2 aliphatic heterocycles. The Morgan fingerprint density at radius 3 is 2.61 bits per heavy atom. The minimum Gasteiger partial charge on any atom is -0.369 e. The second-order valence-electron chi connectivity index (χ2n) is 7.29. The maximum Gasteiger partial charge on any atom is 0.319 e. The molecule has 2 aromatic carbocycles. The Balaban J connectivity index is 1.42. The van der Waals surface area contributed by atoms with Gasteiger partial charge < -0.3 is 15.7 Å². The van der Waals surface area contributed by atoms with Gasteiger partial charge in [-0.2, -0.15) is 0 Å². The normalized spacial score (nSPS) is 20.3. The second kappa shape index (κ2) is 8.37. The Labute approximate surface area is 182 Å². The fraction of sp³-hybridized carbons (Fsp3) is 0.238. The highest BCUT2D eigenvalue weighted by Crippen LogP contribution is 2.35. The number of rotatable bonds is 4. The molecule has 2 aliphatic rings. The number of aliphatic hydroxyl groups is 1. The number of nitrogens with zero attached hydrogens (tertiary/aromatic N) is 1. The van der Waals surface area contributed by atoms with E-state index in [1.807, 2.05) is 0 Å². The highest BCUT2D eigenvalue weighted by molar-refractivity contribution is 6.30. The van der Waals surface area contributed by atoms with Gasteiger partial charge in [0.1, 0.15) is 6.04 Å². The van der Waals surface area contributed by atoms with E-state index in [2.05, 4.69) is 16.0 Å². The van der Waals surface area contributed by atoms with E-state index in [0.29, 0.717) is 21.8 Å². The van der Waals surface area contributed by atoms with Crippen LogP contribution in [0.4, 0.5) is 10.5 Å². The van der Waals surface area contributed by atoms with Gasteiger partial charge in [-0.15, -0.1) is 0 Å². The molecule has 2 unspecified atom stereocenters. The first-order chi connectivity index (χ1) is 14.8. The molecule has 10 heteroatoms. The number of halogens is 1. The minimum absolute atomic E-state index is 0.0984. The van der Waals surface area contributed by atoms with Crippen LogP contribution in [0.5, 0.6) is 0 Å². The van der Waals surface area contributed by atoms with Crippen molar-refractivity contribution in [2.24, 2.45) is 0 Å². The van der Waals surface area contributed by atoms with Crippen LogP contribution in [0.15, 0.2) is 42.5 Å². The average Bonchev–Trinajstić information content (AvgIpc) is 2.98. The predicted molar refractivity (Wildman–Crippen MR) is 111 cm³/mol. The predicted octanol–water partition coefficient (Wildman–Crippen LogP) is 1.91. The van der Waals surface area contributed by atoms with Gasteiger partial charge in [0.15, 0.2) is 6.23 Å². The summed E-state index contributed by atoms with van der Waals surface area (Å²) >= 11 is 5.82. The Morgan fingerprint density at radius 2 is 1.90 bits per heavy atom. The van der Waals surface area contributed by atoms with Gasteiger partial charge >= 0.3 is 6.03 Å². The van der Waals surface area contributed by atoms with Crippen LogP contribution >= 0.6 is 11.6 Å². The molecule has 0 radical (unpaired) electrons. The fourth-order valence-corrected chi connectivity index (χ4v) is 3.80. The molecule has 2 aromatic rings. The van der Waals surface area contributed by atoms with Crippen LogP contribution in [0, 0.1) is 0 Å². The highest BCUT2D eigenvalue weighted by atomic mass is 35.5. The third kappa shape index (κ3) is 4.23. The molecule has 0 bridgehead atoms. The summed E-state index contributed by atoms with van der Waals surface area (Å²) in [6, 6.07) is 10.2. The van der Waals surface area contributed by atoms with Gasteiger partial charge in [0.25, 0.3) is 5.91 Å². The van der Waals surface area contributed by atoms with Crippen LogP contribution in [0.25, 0.3) is 0 Å². The Bertz CT molecular complexity index is 1070. The summed E-state index contributed by atoms with van der Waals surface area (Å²) in [5, 5.41) is 18.7. The summed E-state index contributed by atoms with van der Waals surface area (Å²) in [6.07, 6.45) is -1.02. The number of anilines is 1. The van der Waals surface area contributed by atoms with Crippen LogP contribution in [0.1, 0.15) is 40.6 Å². The van der Waals surface area contributed by atoms with Gasteiger partial charge in [-0.25, -0.2) is 4.79 Å². The number of hydrogen-bond acceptors (Lipinski definition) is 5. The van der Waals surface area contributed by atoms with Crippen molar-refractivity contribution in [2.45, 2.75) is 31.7 Å². The molecule has 2 heterocycles. The lowest BCUT2D eigenvalue weighted by atomic mass is 10.0. The van der Waals surface area contributed by atoms with Crippen molar-refractivity contribution < 1.29 is 24.3 Å². The molecule has 0 aromatic heterocycles. The standard InChI is InChI=1S/C21H19ClN4O5/c22-12-2-4-13(5-3-12)24-21(31)23-10-11-1-6-14-15(9-11)20(30)26(19(14)29)16-7-8-17(27)25-18(16)28/h1-6,9,16,19,29H,7-8,10H2,(H2,23,24,31)(H,25,27,28). The van der Waals surface area contributed by atoms with Crippen molar-refractivity contribution in [3.8, 4) is 0 Å². The zero-order valence-electron chi connectivity index (χ0n) is 16.2. The molecule has 2 atom stereocenters. The quantitative estimate of drug-likeness (QED) is 0.538. The average molecular weight is 443 g/mol. The molecule has 4 N–H and O–H groups in total. The van der Waals surface area contributed by atoms with Crippen molar-refractivity contribution >= 4 is 41.0 Å². The molecular formula is C21H19ClN4O5. The van der Waals surface area contributed by atoms with E-state index in [4.69, 9.17) is 11.6 Å². The third-order valence-corrected chi connectivity index (χ3v) is 5.48. The second-order valence-corrected chi connectivity index (χ2v) is 7.73. The molecule has 31 heavy (non-hydrogen) atoms. The van der Waals surface area contributed by atoms with Crippen molar-refractivity contribution in [3.05, 3.63) is 64.2 Å². The Hall–Kier alpha value is -3.43. The van der Waals surface area contributed by atoms with Gasteiger partial charge in [-0.1, -0.05) is 23.7 Å². The summed E-state index contributed by atoms with van der Waals surface area (Å²) in [5.41, 5.74) is 1.86. The molecular weight excluding hydrogens is 424 g/mol. The van der Waals surface area contributed by atoms with E-state index >= 15 is 0 Å². The number of fused-ring (bicyclic) bond motifs is 1. The number of carbonyl (C=O) groups excluding carboxylic acids is 4. The summed E-state index contributed by atoms with van der Waals surface area (Å²) < 4.78 is 0. The fourth-order valence-electron chi connectivity index (χ4n) is 3.67. The lowest BCUT2D eigenvalue weighted by Crippen LogP contribution is -2.53. The summed E-state index contributed by atoms with van der Waals surface area (Å²) in [4.78, 5) is 49.6. The van der Waals surface area contributed by atoms with Crippen molar-refractivity contribution in [1.82, 2.24) is 15.5 Å². The molecule has 1 saturated heterocycles. The molecule has 160 valence electrons. The molecule has 9 nitrogen and oxygen atoms in total. The zero-order chi connectivity index (χ0) is 22.1. The van der Waals surface area contributed by atoms with E-state index in [9.17, 15) is 24.3 Å². The lowest BCUT2D eigenvalue weighted by Gasteiger charge is -2.31. The van der Waals surface area contributed by atoms with Crippen molar-refractivity contribution in [1.29, 1.82) is 0 Å². The Kier molecular flexibility index (Phi) is 5.62. The molecule has 5 amide bonds. The topological polar surface area (TPSA) is 128 Å². The minimum atomic E-state index is -1.28. The van der Waals surface area contributed by atoms with Gasteiger partial charge in [0, 0.05) is 34.8 Å². The van der Waals surface area contributed by atoms with Crippen LogP contribution in [-0.2, 0) is 16.1 Å². The van der Waals surface area contributed by atoms with E-state index in [0.717, 1.165) is 4.90 Å². The van der Waals surface area contributed by atoms with Gasteiger partial charge in [0.05, 0.1) is 0 Å². The summed E-state index contributed by atoms with van der Waals surface area (Å²) in [7, 11) is 0. The third-order valence-electron chi connectivity index (χ3n) is 5.23.